The van der Waals surface area contributed by atoms with Gasteiger partial charge in [-0.2, -0.15) is 0 Å². The molecule has 0 aliphatic carbocycles. The van der Waals surface area contributed by atoms with Gasteiger partial charge in [0.2, 0.25) is 0 Å². The second-order valence-electron chi connectivity index (χ2n) is 3.88. The summed E-state index contributed by atoms with van der Waals surface area (Å²) in [6, 6.07) is 9.01. The summed E-state index contributed by atoms with van der Waals surface area (Å²) < 4.78 is 11.2. The maximum atomic E-state index is 5.81. The zero-order valence-corrected chi connectivity index (χ0v) is 10.3. The van der Waals surface area contributed by atoms with Gasteiger partial charge in [-0.05, 0) is 18.6 Å². The minimum Gasteiger partial charge on any atom is -0.493 e. The molecule has 0 aliphatic rings. The van der Waals surface area contributed by atoms with E-state index in [1.165, 1.54) is 0 Å². The maximum Gasteiger partial charge on any atom is 0.145 e. The van der Waals surface area contributed by atoms with Crippen LogP contribution in [0.15, 0.2) is 42.7 Å². The molecule has 94 valence electrons. The van der Waals surface area contributed by atoms with Crippen LogP contribution in [0.1, 0.15) is 13.3 Å². The summed E-state index contributed by atoms with van der Waals surface area (Å²) in [5, 5.41) is 0. The lowest BCUT2D eigenvalue weighted by Gasteiger charge is -2.09. The molecule has 2 rings (SSSR count). The fraction of sp³-hybridized carbons (Fsp3) is 0.214. The molecule has 1 aromatic carbocycles. The Bertz CT molecular complexity index is 500. The number of rotatable bonds is 5. The summed E-state index contributed by atoms with van der Waals surface area (Å²) in [4.78, 5) is 3.99. The summed E-state index contributed by atoms with van der Waals surface area (Å²) in [5.41, 5.74) is 6.42. The van der Waals surface area contributed by atoms with E-state index in [-0.39, 0.29) is 0 Å². The Morgan fingerprint density at radius 1 is 1.17 bits per heavy atom. The fourth-order valence-corrected chi connectivity index (χ4v) is 1.50. The van der Waals surface area contributed by atoms with Crippen molar-refractivity contribution < 1.29 is 9.47 Å². The lowest BCUT2D eigenvalue weighted by Crippen LogP contribution is -1.97. The van der Waals surface area contributed by atoms with Crippen LogP contribution in [0, 0.1) is 0 Å². The molecule has 0 saturated heterocycles. The van der Waals surface area contributed by atoms with E-state index in [1.54, 1.807) is 24.5 Å². The first-order valence-corrected chi connectivity index (χ1v) is 5.89. The van der Waals surface area contributed by atoms with E-state index in [0.717, 1.165) is 12.2 Å². The quantitative estimate of drug-likeness (QED) is 0.820. The van der Waals surface area contributed by atoms with Crippen molar-refractivity contribution in [1.82, 2.24) is 4.98 Å². The SMILES string of the molecule is CCCOc1cc(N)cc(Oc2cccnc2)c1. The summed E-state index contributed by atoms with van der Waals surface area (Å²) in [6.07, 6.45) is 4.30. The average molecular weight is 244 g/mol. The van der Waals surface area contributed by atoms with Crippen LogP contribution in [0.5, 0.6) is 17.2 Å². The van der Waals surface area contributed by atoms with Crippen molar-refractivity contribution in [2.75, 3.05) is 12.3 Å². The normalized spacial score (nSPS) is 10.1. The van der Waals surface area contributed by atoms with Gasteiger partial charge in [0, 0.05) is 30.1 Å². The molecule has 2 N–H and O–H groups in total. The Hall–Kier alpha value is -2.23. The smallest absolute Gasteiger partial charge is 0.145 e. The van der Waals surface area contributed by atoms with Crippen molar-refractivity contribution in [2.24, 2.45) is 0 Å². The Labute approximate surface area is 106 Å². The van der Waals surface area contributed by atoms with Crippen LogP contribution in [0.25, 0.3) is 0 Å². The van der Waals surface area contributed by atoms with E-state index >= 15 is 0 Å². The first-order chi connectivity index (χ1) is 8.78. The number of pyridine rings is 1. The van der Waals surface area contributed by atoms with Crippen molar-refractivity contribution >= 4 is 5.69 Å². The third-order valence-corrected chi connectivity index (χ3v) is 2.25. The Morgan fingerprint density at radius 2 is 2.00 bits per heavy atom. The van der Waals surface area contributed by atoms with Crippen LogP contribution in [0.4, 0.5) is 5.69 Å². The molecular formula is C14H16N2O2. The highest BCUT2D eigenvalue weighted by Gasteiger charge is 2.02. The number of ether oxygens (including phenoxy) is 2. The standard InChI is InChI=1S/C14H16N2O2/c1-2-6-17-13-7-11(15)8-14(9-13)18-12-4-3-5-16-10-12/h3-5,7-10H,2,6,15H2,1H3. The largest absolute Gasteiger partial charge is 0.493 e. The summed E-state index contributed by atoms with van der Waals surface area (Å²) in [6.45, 7) is 2.72. The number of nitrogens with two attached hydrogens (primary N) is 1. The molecule has 4 nitrogen and oxygen atoms in total. The fourth-order valence-electron chi connectivity index (χ4n) is 1.50. The van der Waals surface area contributed by atoms with Gasteiger partial charge in [0.25, 0.3) is 0 Å². The molecule has 0 bridgehead atoms. The summed E-state index contributed by atoms with van der Waals surface area (Å²) in [5.74, 6) is 2.04. The first kappa shape index (κ1) is 12.2. The Morgan fingerprint density at radius 3 is 2.72 bits per heavy atom. The van der Waals surface area contributed by atoms with Gasteiger partial charge < -0.3 is 15.2 Å². The van der Waals surface area contributed by atoms with Crippen molar-refractivity contribution in [1.29, 1.82) is 0 Å². The van der Waals surface area contributed by atoms with Crippen LogP contribution in [0.3, 0.4) is 0 Å². The van der Waals surface area contributed by atoms with Crippen LogP contribution in [-0.4, -0.2) is 11.6 Å². The number of hydrogen-bond donors (Lipinski definition) is 1. The van der Waals surface area contributed by atoms with Gasteiger partial charge >= 0.3 is 0 Å². The van der Waals surface area contributed by atoms with Gasteiger partial charge in [-0.1, -0.05) is 6.92 Å². The van der Waals surface area contributed by atoms with E-state index in [4.69, 9.17) is 15.2 Å². The Kier molecular flexibility index (Phi) is 4.02. The lowest BCUT2D eigenvalue weighted by molar-refractivity contribution is 0.316. The van der Waals surface area contributed by atoms with E-state index < -0.39 is 0 Å². The molecule has 0 amide bonds. The number of nitrogen functional groups attached to an aromatic ring is 1. The highest BCUT2D eigenvalue weighted by atomic mass is 16.5. The number of hydrogen-bond acceptors (Lipinski definition) is 4. The maximum absolute atomic E-state index is 5.81. The molecule has 18 heavy (non-hydrogen) atoms. The summed E-state index contributed by atoms with van der Waals surface area (Å²) in [7, 11) is 0. The second kappa shape index (κ2) is 5.91. The van der Waals surface area contributed by atoms with E-state index in [0.29, 0.717) is 23.8 Å². The first-order valence-electron chi connectivity index (χ1n) is 5.89. The van der Waals surface area contributed by atoms with Gasteiger partial charge in [0.1, 0.15) is 17.2 Å². The molecule has 0 fully saturated rings. The van der Waals surface area contributed by atoms with E-state index in [2.05, 4.69) is 11.9 Å². The van der Waals surface area contributed by atoms with Crippen LogP contribution in [0.2, 0.25) is 0 Å². The highest BCUT2D eigenvalue weighted by Crippen LogP contribution is 2.28. The van der Waals surface area contributed by atoms with Crippen LogP contribution in [-0.2, 0) is 0 Å². The highest BCUT2D eigenvalue weighted by molar-refractivity contribution is 5.51. The van der Waals surface area contributed by atoms with Crippen molar-refractivity contribution in [3.8, 4) is 17.2 Å². The zero-order chi connectivity index (χ0) is 12.8. The predicted molar refractivity (Wildman–Crippen MR) is 71.0 cm³/mol. The zero-order valence-electron chi connectivity index (χ0n) is 10.3. The molecular weight excluding hydrogens is 228 g/mol. The van der Waals surface area contributed by atoms with E-state index in [9.17, 15) is 0 Å². The van der Waals surface area contributed by atoms with Crippen molar-refractivity contribution in [3.63, 3.8) is 0 Å². The predicted octanol–water partition coefficient (Wildman–Crippen LogP) is 3.24. The Balaban J connectivity index is 2.15. The molecule has 1 aromatic heterocycles. The van der Waals surface area contributed by atoms with Gasteiger partial charge in [-0.3, -0.25) is 4.98 Å². The molecule has 4 heteroatoms. The van der Waals surface area contributed by atoms with E-state index in [1.807, 2.05) is 18.2 Å². The molecule has 2 aromatic rings. The molecule has 1 heterocycles. The number of anilines is 1. The van der Waals surface area contributed by atoms with Crippen molar-refractivity contribution in [2.45, 2.75) is 13.3 Å². The van der Waals surface area contributed by atoms with Gasteiger partial charge in [0.15, 0.2) is 0 Å². The monoisotopic (exact) mass is 244 g/mol. The third kappa shape index (κ3) is 3.38. The van der Waals surface area contributed by atoms with Crippen molar-refractivity contribution in [3.05, 3.63) is 42.7 Å². The van der Waals surface area contributed by atoms with Gasteiger partial charge in [-0.25, -0.2) is 0 Å². The molecule has 0 atom stereocenters. The minimum atomic E-state index is 0.613. The number of nitrogens with zero attached hydrogens (tertiary/aromatic N) is 1. The van der Waals surface area contributed by atoms with Crippen LogP contribution >= 0.6 is 0 Å². The lowest BCUT2D eigenvalue weighted by atomic mass is 10.3. The molecule has 0 aliphatic heterocycles. The van der Waals surface area contributed by atoms with Gasteiger partial charge in [-0.15, -0.1) is 0 Å². The third-order valence-electron chi connectivity index (χ3n) is 2.25. The van der Waals surface area contributed by atoms with Crippen LogP contribution < -0.4 is 15.2 Å². The minimum absolute atomic E-state index is 0.613. The molecule has 0 unspecified atom stereocenters. The molecule has 0 spiro atoms. The number of benzene rings is 1. The second-order valence-corrected chi connectivity index (χ2v) is 3.88. The average Bonchev–Trinajstić information content (AvgIpc) is 2.37. The summed E-state index contributed by atoms with van der Waals surface area (Å²) >= 11 is 0. The molecule has 0 radical (unpaired) electrons. The van der Waals surface area contributed by atoms with Gasteiger partial charge in [0.05, 0.1) is 12.8 Å². The number of aromatic nitrogens is 1. The molecule has 0 saturated carbocycles. The topological polar surface area (TPSA) is 57.4 Å².